The van der Waals surface area contributed by atoms with Gasteiger partial charge in [-0.1, -0.05) is 12.2 Å². The highest BCUT2D eigenvalue weighted by Gasteiger charge is 2.20. The SMILES string of the molecule is O=C(C1=CCCS1)C1=CCCS1. The number of hydrogen-bond donors (Lipinski definition) is 0. The van der Waals surface area contributed by atoms with Crippen LogP contribution in [0.3, 0.4) is 0 Å². The van der Waals surface area contributed by atoms with Crippen LogP contribution in [0.1, 0.15) is 12.8 Å². The number of ketones is 1. The summed E-state index contributed by atoms with van der Waals surface area (Å²) in [7, 11) is 0. The van der Waals surface area contributed by atoms with E-state index in [-0.39, 0.29) is 5.78 Å². The van der Waals surface area contributed by atoms with Gasteiger partial charge in [-0.25, -0.2) is 0 Å². The van der Waals surface area contributed by atoms with Crippen molar-refractivity contribution in [2.24, 2.45) is 0 Å². The van der Waals surface area contributed by atoms with Crippen LogP contribution in [0.15, 0.2) is 22.0 Å². The van der Waals surface area contributed by atoms with E-state index in [4.69, 9.17) is 0 Å². The van der Waals surface area contributed by atoms with Crippen LogP contribution in [0.4, 0.5) is 0 Å². The molecule has 0 aromatic carbocycles. The van der Waals surface area contributed by atoms with E-state index in [0.717, 1.165) is 34.2 Å². The molecule has 0 N–H and O–H groups in total. The molecule has 0 aromatic heterocycles. The highest BCUT2D eigenvalue weighted by Crippen LogP contribution is 2.34. The van der Waals surface area contributed by atoms with Crippen molar-refractivity contribution in [3.05, 3.63) is 22.0 Å². The van der Waals surface area contributed by atoms with Gasteiger partial charge in [0.15, 0.2) is 0 Å². The quantitative estimate of drug-likeness (QED) is 0.679. The van der Waals surface area contributed by atoms with E-state index in [1.807, 2.05) is 0 Å². The molecule has 0 aromatic rings. The number of carbonyl (C=O) groups is 1. The van der Waals surface area contributed by atoms with Gasteiger partial charge in [0, 0.05) is 11.5 Å². The fraction of sp³-hybridized carbons (Fsp3) is 0.444. The monoisotopic (exact) mass is 198 g/mol. The number of thioether (sulfide) groups is 2. The summed E-state index contributed by atoms with van der Waals surface area (Å²) in [5, 5.41) is 0. The molecule has 0 amide bonds. The van der Waals surface area contributed by atoms with E-state index in [1.54, 1.807) is 23.5 Å². The lowest BCUT2D eigenvalue weighted by Crippen LogP contribution is -1.97. The Bertz CT molecular complexity index is 240. The summed E-state index contributed by atoms with van der Waals surface area (Å²) in [6.07, 6.45) is 6.24. The second-order valence-electron chi connectivity index (χ2n) is 2.74. The molecule has 2 heterocycles. The standard InChI is InChI=1S/C9H10OS2/c10-9(7-3-1-5-11-7)8-4-2-6-12-8/h3-4H,1-2,5-6H2. The van der Waals surface area contributed by atoms with Gasteiger partial charge >= 0.3 is 0 Å². The average Bonchev–Trinajstić information content (AvgIpc) is 2.77. The van der Waals surface area contributed by atoms with Gasteiger partial charge in [0.2, 0.25) is 5.78 Å². The Kier molecular flexibility index (Phi) is 2.61. The van der Waals surface area contributed by atoms with Gasteiger partial charge in [0.1, 0.15) is 0 Å². The maximum atomic E-state index is 11.7. The first-order chi connectivity index (χ1) is 5.88. The predicted molar refractivity (Wildman–Crippen MR) is 55.3 cm³/mol. The summed E-state index contributed by atoms with van der Waals surface area (Å²) in [4.78, 5) is 13.6. The minimum absolute atomic E-state index is 0.264. The van der Waals surface area contributed by atoms with Crippen LogP contribution in [-0.4, -0.2) is 17.3 Å². The van der Waals surface area contributed by atoms with E-state index >= 15 is 0 Å². The van der Waals surface area contributed by atoms with Gasteiger partial charge in [0.05, 0.1) is 9.81 Å². The van der Waals surface area contributed by atoms with Crippen LogP contribution >= 0.6 is 23.5 Å². The maximum Gasteiger partial charge on any atom is 0.204 e. The third-order valence-corrected chi connectivity index (χ3v) is 4.06. The molecule has 0 unspecified atom stereocenters. The Balaban J connectivity index is 2.08. The number of rotatable bonds is 2. The van der Waals surface area contributed by atoms with Crippen LogP contribution in [0.5, 0.6) is 0 Å². The van der Waals surface area contributed by atoms with Crippen molar-refractivity contribution < 1.29 is 4.79 Å². The third-order valence-electron chi connectivity index (χ3n) is 1.86. The number of hydrogen-bond acceptors (Lipinski definition) is 3. The van der Waals surface area contributed by atoms with Gasteiger partial charge < -0.3 is 0 Å². The third kappa shape index (κ3) is 1.62. The lowest BCUT2D eigenvalue weighted by molar-refractivity contribution is -0.111. The molecule has 2 rings (SSSR count). The zero-order valence-electron chi connectivity index (χ0n) is 6.71. The molecular weight excluding hydrogens is 188 g/mol. The second kappa shape index (κ2) is 3.71. The molecule has 2 aliphatic rings. The summed E-state index contributed by atoms with van der Waals surface area (Å²) in [5.74, 6) is 2.43. The highest BCUT2D eigenvalue weighted by atomic mass is 32.2. The largest absolute Gasteiger partial charge is 0.287 e. The van der Waals surface area contributed by atoms with Crippen LogP contribution in [0, 0.1) is 0 Å². The average molecular weight is 198 g/mol. The molecule has 0 bridgehead atoms. The normalized spacial score (nSPS) is 22.3. The Morgan fingerprint density at radius 3 is 1.92 bits per heavy atom. The van der Waals surface area contributed by atoms with Gasteiger partial charge in [-0.2, -0.15) is 0 Å². The van der Waals surface area contributed by atoms with Gasteiger partial charge in [-0.3, -0.25) is 4.79 Å². The Labute approximate surface area is 80.7 Å². The molecule has 0 saturated carbocycles. The summed E-state index contributed by atoms with van der Waals surface area (Å²) in [6.45, 7) is 0. The fourth-order valence-electron chi connectivity index (χ4n) is 1.27. The lowest BCUT2D eigenvalue weighted by atomic mass is 10.3. The molecule has 2 aliphatic heterocycles. The first kappa shape index (κ1) is 8.45. The van der Waals surface area contributed by atoms with Crippen LogP contribution in [0.25, 0.3) is 0 Å². The molecule has 3 heteroatoms. The molecular formula is C9H10OS2. The van der Waals surface area contributed by atoms with Crippen molar-refractivity contribution >= 4 is 29.3 Å². The lowest BCUT2D eigenvalue weighted by Gasteiger charge is -1.99. The van der Waals surface area contributed by atoms with Crippen molar-refractivity contribution in [1.29, 1.82) is 0 Å². The Hall–Kier alpha value is -0.150. The summed E-state index contributed by atoms with van der Waals surface area (Å²) >= 11 is 3.39. The van der Waals surface area contributed by atoms with Gasteiger partial charge in [-0.15, -0.1) is 23.5 Å². The molecule has 0 spiro atoms. The molecule has 64 valence electrons. The summed E-state index contributed by atoms with van der Waals surface area (Å²) in [5.41, 5.74) is 0. The molecule has 0 atom stereocenters. The van der Waals surface area contributed by atoms with Gasteiger partial charge in [0.25, 0.3) is 0 Å². The summed E-state index contributed by atoms with van der Waals surface area (Å²) < 4.78 is 0. The molecule has 0 saturated heterocycles. The zero-order valence-corrected chi connectivity index (χ0v) is 8.34. The number of Topliss-reactive ketones (excluding diaryl/α,β-unsaturated/α-hetero) is 1. The summed E-state index contributed by atoms with van der Waals surface area (Å²) in [6, 6.07) is 0. The minimum Gasteiger partial charge on any atom is -0.287 e. The fourth-order valence-corrected chi connectivity index (χ4v) is 3.20. The van der Waals surface area contributed by atoms with Crippen molar-refractivity contribution in [2.45, 2.75) is 12.8 Å². The molecule has 0 radical (unpaired) electrons. The van der Waals surface area contributed by atoms with Crippen molar-refractivity contribution in [2.75, 3.05) is 11.5 Å². The van der Waals surface area contributed by atoms with E-state index in [1.165, 1.54) is 0 Å². The van der Waals surface area contributed by atoms with Crippen LogP contribution in [0.2, 0.25) is 0 Å². The Morgan fingerprint density at radius 1 is 1.08 bits per heavy atom. The zero-order chi connectivity index (χ0) is 8.39. The topological polar surface area (TPSA) is 17.1 Å². The van der Waals surface area contributed by atoms with Crippen molar-refractivity contribution in [3.8, 4) is 0 Å². The maximum absolute atomic E-state index is 11.7. The van der Waals surface area contributed by atoms with Gasteiger partial charge in [-0.05, 0) is 12.8 Å². The first-order valence-corrected chi connectivity index (χ1v) is 6.05. The van der Waals surface area contributed by atoms with E-state index < -0.39 is 0 Å². The van der Waals surface area contributed by atoms with Crippen LogP contribution < -0.4 is 0 Å². The molecule has 0 fully saturated rings. The van der Waals surface area contributed by atoms with E-state index in [9.17, 15) is 4.79 Å². The second-order valence-corrected chi connectivity index (χ2v) is 5.01. The van der Waals surface area contributed by atoms with E-state index in [2.05, 4.69) is 12.2 Å². The predicted octanol–water partition coefficient (Wildman–Crippen LogP) is 2.60. The van der Waals surface area contributed by atoms with Crippen molar-refractivity contribution in [1.82, 2.24) is 0 Å². The van der Waals surface area contributed by atoms with E-state index in [0.29, 0.717) is 0 Å². The number of carbonyl (C=O) groups excluding carboxylic acids is 1. The molecule has 12 heavy (non-hydrogen) atoms. The van der Waals surface area contributed by atoms with Crippen molar-refractivity contribution in [3.63, 3.8) is 0 Å². The molecule has 1 nitrogen and oxygen atoms in total. The first-order valence-electron chi connectivity index (χ1n) is 4.08. The molecule has 0 aliphatic carbocycles. The minimum atomic E-state index is 0.264. The smallest absolute Gasteiger partial charge is 0.204 e. The highest BCUT2D eigenvalue weighted by molar-refractivity contribution is 8.06. The van der Waals surface area contributed by atoms with Crippen LogP contribution in [-0.2, 0) is 4.79 Å². The Morgan fingerprint density at radius 2 is 1.58 bits per heavy atom. The number of allylic oxidation sites excluding steroid dienone is 4.